The van der Waals surface area contributed by atoms with E-state index in [4.69, 9.17) is 9.47 Å². The predicted molar refractivity (Wildman–Crippen MR) is 176 cm³/mol. The molecule has 2 N–H and O–H groups in total. The van der Waals surface area contributed by atoms with Gasteiger partial charge in [0.1, 0.15) is 5.75 Å². The number of pyridine rings is 1. The van der Waals surface area contributed by atoms with E-state index in [9.17, 15) is 14.7 Å². The van der Waals surface area contributed by atoms with E-state index in [0.29, 0.717) is 36.7 Å². The molecule has 1 aliphatic rings. The lowest BCUT2D eigenvalue weighted by Crippen LogP contribution is -2.47. The van der Waals surface area contributed by atoms with E-state index >= 15 is 0 Å². The Morgan fingerprint density at radius 3 is 2.58 bits per heavy atom. The van der Waals surface area contributed by atoms with E-state index in [1.807, 2.05) is 56.3 Å². The van der Waals surface area contributed by atoms with Gasteiger partial charge in [-0.05, 0) is 81.6 Å². The van der Waals surface area contributed by atoms with Crippen LogP contribution in [-0.4, -0.2) is 83.3 Å². The van der Waals surface area contributed by atoms with E-state index in [0.717, 1.165) is 31.4 Å². The number of nitrogens with one attached hydrogen (secondary N) is 1. The molecule has 1 aliphatic heterocycles. The van der Waals surface area contributed by atoms with Crippen LogP contribution in [-0.2, 0) is 22.5 Å². The number of fused-ring (bicyclic) bond motifs is 1. The van der Waals surface area contributed by atoms with Crippen LogP contribution in [0.1, 0.15) is 61.5 Å². The molecule has 4 rings (SSSR count). The minimum Gasteiger partial charge on any atom is -0.490 e. The highest BCUT2D eigenvalue weighted by Crippen LogP contribution is 2.28. The van der Waals surface area contributed by atoms with Crippen molar-refractivity contribution in [1.29, 1.82) is 0 Å². The maximum absolute atomic E-state index is 14.3. The molecule has 0 radical (unpaired) electrons. The number of aromatic nitrogens is 1. The maximum Gasteiger partial charge on any atom is 0.258 e. The summed E-state index contributed by atoms with van der Waals surface area (Å²) in [5, 5.41) is 13.2. The van der Waals surface area contributed by atoms with Crippen molar-refractivity contribution in [3.63, 3.8) is 0 Å². The van der Waals surface area contributed by atoms with Crippen molar-refractivity contribution >= 4 is 17.5 Å². The molecule has 2 aromatic carbocycles. The van der Waals surface area contributed by atoms with Crippen LogP contribution in [0.25, 0.3) is 0 Å². The summed E-state index contributed by atoms with van der Waals surface area (Å²) in [6.07, 6.45) is 6.21. The topological polar surface area (TPSA) is 104 Å². The van der Waals surface area contributed by atoms with Crippen LogP contribution >= 0.6 is 0 Å². The van der Waals surface area contributed by atoms with E-state index in [-0.39, 0.29) is 43.0 Å². The van der Waals surface area contributed by atoms with Gasteiger partial charge in [0.25, 0.3) is 5.91 Å². The Morgan fingerprint density at radius 1 is 1.09 bits per heavy atom. The zero-order valence-corrected chi connectivity index (χ0v) is 27.0. The van der Waals surface area contributed by atoms with Crippen molar-refractivity contribution in [3.05, 3.63) is 89.7 Å². The van der Waals surface area contributed by atoms with E-state index in [1.54, 1.807) is 35.5 Å². The smallest absolute Gasteiger partial charge is 0.258 e. The molecule has 2 amide bonds. The number of anilines is 1. The summed E-state index contributed by atoms with van der Waals surface area (Å²) < 4.78 is 12.8. The molecule has 0 saturated carbocycles. The first-order chi connectivity index (χ1) is 21.7. The molecule has 9 heteroatoms. The van der Waals surface area contributed by atoms with Crippen molar-refractivity contribution in [2.75, 3.05) is 38.7 Å². The molecule has 0 spiro atoms. The largest absolute Gasteiger partial charge is 0.490 e. The van der Waals surface area contributed by atoms with Crippen LogP contribution in [0.5, 0.6) is 5.75 Å². The number of rotatable bonds is 9. The highest BCUT2D eigenvalue weighted by Gasteiger charge is 2.30. The van der Waals surface area contributed by atoms with Gasteiger partial charge in [-0.25, -0.2) is 0 Å². The molecule has 1 aromatic heterocycles. The number of nitrogens with zero attached hydrogens (tertiary/aromatic N) is 3. The molecule has 45 heavy (non-hydrogen) atoms. The fourth-order valence-corrected chi connectivity index (χ4v) is 5.62. The summed E-state index contributed by atoms with van der Waals surface area (Å²) in [5.41, 5.74) is 2.95. The van der Waals surface area contributed by atoms with Gasteiger partial charge in [-0.1, -0.05) is 37.3 Å². The van der Waals surface area contributed by atoms with Gasteiger partial charge < -0.3 is 24.8 Å². The average molecular weight is 617 g/mol. The second-order valence-electron chi connectivity index (χ2n) is 12.3. The van der Waals surface area contributed by atoms with Crippen molar-refractivity contribution in [1.82, 2.24) is 14.8 Å². The monoisotopic (exact) mass is 616 g/mol. The average Bonchev–Trinajstić information content (AvgIpc) is 3.03. The summed E-state index contributed by atoms with van der Waals surface area (Å²) in [5.74, 6) is 0.0145. The minimum absolute atomic E-state index is 0.0252. The fourth-order valence-electron chi connectivity index (χ4n) is 5.62. The Labute approximate surface area is 267 Å². The highest BCUT2D eigenvalue weighted by molar-refractivity contribution is 6.00. The third kappa shape index (κ3) is 10.4. The van der Waals surface area contributed by atoms with Crippen LogP contribution in [0.2, 0.25) is 0 Å². The van der Waals surface area contributed by atoms with Gasteiger partial charge in [0, 0.05) is 50.2 Å². The van der Waals surface area contributed by atoms with E-state index < -0.39 is 6.04 Å². The first kappa shape index (κ1) is 34.1. The number of likely N-dealkylation sites (N-methyl/N-ethyl adjacent to an activating group) is 1. The van der Waals surface area contributed by atoms with Crippen molar-refractivity contribution in [3.8, 4) is 5.75 Å². The van der Waals surface area contributed by atoms with Crippen LogP contribution in [0.15, 0.2) is 73.1 Å². The summed E-state index contributed by atoms with van der Waals surface area (Å²) >= 11 is 0. The number of aliphatic hydroxyl groups excluding tert-OH is 1. The van der Waals surface area contributed by atoms with Gasteiger partial charge in [-0.15, -0.1) is 0 Å². The fraction of sp³-hybridized carbons (Fsp3) is 0.472. The van der Waals surface area contributed by atoms with E-state index in [2.05, 4.69) is 29.2 Å². The lowest BCUT2D eigenvalue weighted by atomic mass is 10.0. The Kier molecular flexibility index (Phi) is 12.9. The number of aliphatic hydroxyl groups is 1. The molecule has 0 saturated heterocycles. The Morgan fingerprint density at radius 2 is 1.84 bits per heavy atom. The lowest BCUT2D eigenvalue weighted by Gasteiger charge is -2.36. The van der Waals surface area contributed by atoms with Crippen molar-refractivity contribution < 1.29 is 24.2 Å². The number of hydrogen-bond donors (Lipinski definition) is 2. The maximum atomic E-state index is 14.3. The molecular weight excluding hydrogens is 568 g/mol. The predicted octanol–water partition coefficient (Wildman–Crippen LogP) is 5.19. The number of hydrogen-bond acceptors (Lipinski definition) is 7. The molecule has 3 aromatic rings. The van der Waals surface area contributed by atoms with Gasteiger partial charge in [0.15, 0.2) is 0 Å². The highest BCUT2D eigenvalue weighted by atomic mass is 16.5. The van der Waals surface area contributed by atoms with Crippen LogP contribution in [0.4, 0.5) is 5.69 Å². The Bertz CT molecular complexity index is 1360. The van der Waals surface area contributed by atoms with Crippen LogP contribution < -0.4 is 10.1 Å². The van der Waals surface area contributed by atoms with E-state index in [1.165, 1.54) is 5.56 Å². The van der Waals surface area contributed by atoms with Gasteiger partial charge in [-0.2, -0.15) is 0 Å². The number of carbonyl (C=O) groups excluding carboxylic acids is 2. The van der Waals surface area contributed by atoms with Gasteiger partial charge >= 0.3 is 0 Å². The van der Waals surface area contributed by atoms with Gasteiger partial charge in [0.2, 0.25) is 5.91 Å². The quantitative estimate of drug-likeness (QED) is 0.341. The molecule has 0 aliphatic carbocycles. The molecule has 9 nitrogen and oxygen atoms in total. The van der Waals surface area contributed by atoms with Crippen LogP contribution in [0.3, 0.4) is 0 Å². The minimum atomic E-state index is -0.440. The summed E-state index contributed by atoms with van der Waals surface area (Å²) in [4.78, 5) is 35.3. The Balaban J connectivity index is 1.59. The molecule has 4 atom stereocenters. The zero-order chi connectivity index (χ0) is 32.2. The number of amides is 2. The molecule has 0 unspecified atom stereocenters. The van der Waals surface area contributed by atoms with Crippen LogP contribution in [0, 0.1) is 5.92 Å². The first-order valence-electron chi connectivity index (χ1n) is 16.0. The summed E-state index contributed by atoms with van der Waals surface area (Å²) in [6, 6.07) is 18.3. The molecular formula is C36H48N4O5. The van der Waals surface area contributed by atoms with Gasteiger partial charge in [0.05, 0.1) is 36.8 Å². The molecule has 0 bridgehead atoms. The summed E-state index contributed by atoms with van der Waals surface area (Å²) in [6.45, 7) is 8.20. The standard InChI is InChI=1S/C36H48N4O5/c1-26-22-40(27(2)25-41)36(43)32-21-31(38-35(42)20-29-11-6-5-7-12-29)13-14-33(32)45-28(3)10-8-9-19-44-34(26)24-39(4)23-30-15-17-37-18-16-30/h5-7,11-18,21,26-28,34,41H,8-10,19-20,22-25H2,1-4H3,(H,38,42)/t26-,27-,28+,34-/m1/s1. The van der Waals surface area contributed by atoms with Gasteiger partial charge in [-0.3, -0.25) is 19.5 Å². The number of ether oxygens (including phenoxy) is 2. The lowest BCUT2D eigenvalue weighted by molar-refractivity contribution is -0.115. The second-order valence-corrected chi connectivity index (χ2v) is 12.3. The molecule has 242 valence electrons. The van der Waals surface area contributed by atoms with Crippen molar-refractivity contribution in [2.24, 2.45) is 5.92 Å². The SMILES string of the molecule is C[C@@H]1CN([C@H](C)CO)C(=O)c2cc(NC(=O)Cc3ccccc3)ccc2O[C@@H](C)CCCCO[C@@H]1CN(C)Cc1ccncc1. The number of benzene rings is 2. The molecule has 2 heterocycles. The van der Waals surface area contributed by atoms with Crippen molar-refractivity contribution in [2.45, 2.75) is 71.2 Å². The zero-order valence-electron chi connectivity index (χ0n) is 27.0. The third-order valence-electron chi connectivity index (χ3n) is 8.24. The second kappa shape index (κ2) is 17.1. The first-order valence-corrected chi connectivity index (χ1v) is 16.0. The third-order valence-corrected chi connectivity index (χ3v) is 8.24. The molecule has 0 fully saturated rings. The number of carbonyl (C=O) groups is 2. The normalized spacial score (nSPS) is 20.5. The summed E-state index contributed by atoms with van der Waals surface area (Å²) in [7, 11) is 2.07. The Hall–Kier alpha value is -3.79.